The van der Waals surface area contributed by atoms with Gasteiger partial charge in [-0.2, -0.15) is 0 Å². The topological polar surface area (TPSA) is 65.2 Å². The van der Waals surface area contributed by atoms with Crippen LogP contribution in [0.2, 0.25) is 0 Å². The number of rotatable bonds is 4. The number of hydrogen-bond donors (Lipinski definition) is 1. The summed E-state index contributed by atoms with van der Waals surface area (Å²) in [4.78, 5) is 15.1. The van der Waals surface area contributed by atoms with Crippen LogP contribution in [0.4, 0.5) is 5.82 Å². The van der Waals surface area contributed by atoms with Gasteiger partial charge in [0.05, 0.1) is 6.61 Å². The summed E-state index contributed by atoms with van der Waals surface area (Å²) in [6, 6.07) is 3.66. The number of halogens is 1. The molecule has 0 spiro atoms. The minimum atomic E-state index is -0.209. The van der Waals surface area contributed by atoms with Gasteiger partial charge in [0.1, 0.15) is 10.4 Å². The first kappa shape index (κ1) is 12.0. The van der Waals surface area contributed by atoms with Crippen molar-refractivity contribution in [1.29, 1.82) is 0 Å². The molecule has 1 rings (SSSR count). The molecule has 0 aromatic carbocycles. The zero-order valence-corrected chi connectivity index (χ0v) is 10.1. The van der Waals surface area contributed by atoms with Crippen molar-refractivity contribution in [1.82, 2.24) is 4.98 Å². The quantitative estimate of drug-likeness (QED) is 0.672. The second-order valence-electron chi connectivity index (χ2n) is 2.98. The molecule has 0 atom stereocenters. The summed E-state index contributed by atoms with van der Waals surface area (Å²) in [7, 11) is 0. The first-order valence-corrected chi connectivity index (χ1v) is 5.49. The monoisotopic (exact) mass is 272 g/mol. The predicted octanol–water partition coefficient (Wildman–Crippen LogP) is 1.92. The largest absolute Gasteiger partial charge is 0.466 e. The molecular weight excluding hydrogens is 260 g/mol. The average Bonchev–Trinajstić information content (AvgIpc) is 2.17. The summed E-state index contributed by atoms with van der Waals surface area (Å²) >= 11 is 3.22. The molecule has 0 aliphatic carbocycles. The molecule has 0 aliphatic heterocycles. The first-order chi connectivity index (χ1) is 7.13. The highest BCUT2D eigenvalue weighted by Crippen LogP contribution is 2.15. The Balaban J connectivity index is 2.54. The van der Waals surface area contributed by atoms with Gasteiger partial charge >= 0.3 is 5.97 Å². The number of nitrogens with two attached hydrogens (primary N) is 1. The van der Waals surface area contributed by atoms with Crippen LogP contribution in [0.25, 0.3) is 0 Å². The van der Waals surface area contributed by atoms with E-state index in [2.05, 4.69) is 20.9 Å². The lowest BCUT2D eigenvalue weighted by atomic mass is 10.1. The molecule has 0 saturated heterocycles. The van der Waals surface area contributed by atoms with Crippen molar-refractivity contribution in [2.24, 2.45) is 0 Å². The van der Waals surface area contributed by atoms with Crippen molar-refractivity contribution in [2.45, 2.75) is 19.8 Å². The van der Waals surface area contributed by atoms with Crippen LogP contribution >= 0.6 is 15.9 Å². The average molecular weight is 273 g/mol. The molecule has 5 heteroatoms. The maximum atomic E-state index is 11.1. The number of nitrogens with zero attached hydrogens (tertiary/aromatic N) is 1. The Labute approximate surface area is 97.0 Å². The van der Waals surface area contributed by atoms with Gasteiger partial charge in [0.2, 0.25) is 0 Å². The second kappa shape index (κ2) is 5.70. The van der Waals surface area contributed by atoms with E-state index in [-0.39, 0.29) is 5.97 Å². The van der Waals surface area contributed by atoms with E-state index in [9.17, 15) is 4.79 Å². The van der Waals surface area contributed by atoms with Crippen LogP contribution in [0.15, 0.2) is 16.7 Å². The minimum absolute atomic E-state index is 0.209. The molecule has 0 radical (unpaired) electrons. The summed E-state index contributed by atoms with van der Waals surface area (Å²) in [5.74, 6) is 0.244. The fourth-order valence-corrected chi connectivity index (χ4v) is 1.48. The van der Waals surface area contributed by atoms with Gasteiger partial charge in [-0.05, 0) is 40.9 Å². The molecular formula is C10H13BrN2O2. The van der Waals surface area contributed by atoms with Crippen molar-refractivity contribution < 1.29 is 9.53 Å². The number of carbonyl (C=O) groups is 1. The lowest BCUT2D eigenvalue weighted by Gasteiger charge is -2.04. The number of hydrogen-bond acceptors (Lipinski definition) is 4. The molecule has 0 aliphatic rings. The van der Waals surface area contributed by atoms with Crippen molar-refractivity contribution in [3.63, 3.8) is 0 Å². The third-order valence-electron chi connectivity index (χ3n) is 1.88. The highest BCUT2D eigenvalue weighted by molar-refractivity contribution is 9.10. The number of aryl methyl sites for hydroxylation is 1. The highest BCUT2D eigenvalue weighted by Gasteiger charge is 2.06. The number of ether oxygens (including phenoxy) is 1. The van der Waals surface area contributed by atoms with E-state index >= 15 is 0 Å². The number of esters is 1. The lowest BCUT2D eigenvalue weighted by Crippen LogP contribution is -2.06. The van der Waals surface area contributed by atoms with E-state index in [0.717, 1.165) is 5.56 Å². The molecule has 1 aromatic heterocycles. The van der Waals surface area contributed by atoms with Gasteiger partial charge in [0.15, 0.2) is 0 Å². The zero-order chi connectivity index (χ0) is 11.3. The summed E-state index contributed by atoms with van der Waals surface area (Å²) in [6.07, 6.45) is 0.895. The van der Waals surface area contributed by atoms with Gasteiger partial charge in [0, 0.05) is 6.42 Å². The third kappa shape index (κ3) is 3.87. The zero-order valence-electron chi connectivity index (χ0n) is 8.50. The maximum Gasteiger partial charge on any atom is 0.306 e. The van der Waals surface area contributed by atoms with E-state index < -0.39 is 0 Å². The van der Waals surface area contributed by atoms with Crippen LogP contribution < -0.4 is 5.73 Å². The van der Waals surface area contributed by atoms with Crippen LogP contribution in [-0.4, -0.2) is 17.6 Å². The van der Waals surface area contributed by atoms with Crippen LogP contribution in [0.3, 0.4) is 0 Å². The Morgan fingerprint density at radius 3 is 2.93 bits per heavy atom. The summed E-state index contributed by atoms with van der Waals surface area (Å²) in [5, 5.41) is 0. The Morgan fingerprint density at radius 1 is 1.60 bits per heavy atom. The van der Waals surface area contributed by atoms with Crippen LogP contribution in [-0.2, 0) is 16.0 Å². The minimum Gasteiger partial charge on any atom is -0.466 e. The van der Waals surface area contributed by atoms with Crippen LogP contribution in [0, 0.1) is 0 Å². The Bertz CT molecular complexity index is 355. The van der Waals surface area contributed by atoms with E-state index in [0.29, 0.717) is 29.9 Å². The highest BCUT2D eigenvalue weighted by atomic mass is 79.9. The number of aromatic nitrogens is 1. The van der Waals surface area contributed by atoms with Crippen molar-refractivity contribution >= 4 is 27.7 Å². The van der Waals surface area contributed by atoms with Gasteiger partial charge in [-0.15, -0.1) is 0 Å². The number of nitrogen functional groups attached to an aromatic ring is 1. The Kier molecular flexibility index (Phi) is 4.55. The van der Waals surface area contributed by atoms with E-state index in [1.165, 1.54) is 0 Å². The van der Waals surface area contributed by atoms with Crippen molar-refractivity contribution in [2.75, 3.05) is 12.3 Å². The molecule has 82 valence electrons. The van der Waals surface area contributed by atoms with Gasteiger partial charge in [-0.25, -0.2) is 4.98 Å². The van der Waals surface area contributed by atoms with E-state index in [1.54, 1.807) is 13.0 Å². The first-order valence-electron chi connectivity index (χ1n) is 4.70. The molecule has 2 N–H and O–H groups in total. The molecule has 0 fully saturated rings. The standard InChI is InChI=1S/C10H13BrN2O2/c1-2-15-9(14)6-4-7-3-5-8(11)13-10(7)12/h3,5H,2,4,6H2,1H3,(H2,12,13). The van der Waals surface area contributed by atoms with E-state index in [1.807, 2.05) is 6.07 Å². The summed E-state index contributed by atoms with van der Waals surface area (Å²) in [6.45, 7) is 2.19. The molecule has 0 unspecified atom stereocenters. The predicted molar refractivity (Wildman–Crippen MR) is 61.3 cm³/mol. The van der Waals surface area contributed by atoms with Crippen molar-refractivity contribution in [3.8, 4) is 0 Å². The van der Waals surface area contributed by atoms with Gasteiger partial charge < -0.3 is 10.5 Å². The van der Waals surface area contributed by atoms with Crippen LogP contribution in [0.5, 0.6) is 0 Å². The summed E-state index contributed by atoms with van der Waals surface area (Å²) in [5.41, 5.74) is 6.56. The smallest absolute Gasteiger partial charge is 0.306 e. The molecule has 4 nitrogen and oxygen atoms in total. The second-order valence-corrected chi connectivity index (χ2v) is 3.80. The summed E-state index contributed by atoms with van der Waals surface area (Å²) < 4.78 is 5.51. The van der Waals surface area contributed by atoms with E-state index in [4.69, 9.17) is 10.5 Å². The third-order valence-corrected chi connectivity index (χ3v) is 2.32. The molecule has 0 saturated carbocycles. The fourth-order valence-electron chi connectivity index (χ4n) is 1.16. The SMILES string of the molecule is CCOC(=O)CCc1ccc(Br)nc1N. The Morgan fingerprint density at radius 2 is 2.33 bits per heavy atom. The molecule has 0 amide bonds. The van der Waals surface area contributed by atoms with Crippen molar-refractivity contribution in [3.05, 3.63) is 22.3 Å². The fraction of sp³-hybridized carbons (Fsp3) is 0.400. The molecule has 1 aromatic rings. The number of carbonyl (C=O) groups excluding carboxylic acids is 1. The van der Waals surface area contributed by atoms with Gasteiger partial charge in [-0.3, -0.25) is 4.79 Å². The van der Waals surface area contributed by atoms with Crippen LogP contribution in [0.1, 0.15) is 18.9 Å². The molecule has 1 heterocycles. The number of anilines is 1. The normalized spacial score (nSPS) is 10.0. The molecule has 15 heavy (non-hydrogen) atoms. The molecule has 0 bridgehead atoms. The lowest BCUT2D eigenvalue weighted by molar-refractivity contribution is -0.143. The van der Waals surface area contributed by atoms with Gasteiger partial charge in [0.25, 0.3) is 0 Å². The maximum absolute atomic E-state index is 11.1. The Hall–Kier alpha value is -1.10. The van der Waals surface area contributed by atoms with Gasteiger partial charge in [-0.1, -0.05) is 6.07 Å². The number of pyridine rings is 1.